The molecule has 0 amide bonds. The Labute approximate surface area is 91.5 Å². The molecule has 1 heterocycles. The lowest BCUT2D eigenvalue weighted by molar-refractivity contribution is 0.282. The van der Waals surface area contributed by atoms with Gasteiger partial charge < -0.3 is 10.4 Å². The zero-order valence-electron chi connectivity index (χ0n) is 9.32. The lowest BCUT2D eigenvalue weighted by atomic mass is 10.1. The van der Waals surface area contributed by atoms with Crippen LogP contribution in [0.4, 0.5) is 0 Å². The maximum Gasteiger partial charge on any atom is 0.0431 e. The molecule has 0 saturated carbocycles. The first-order valence-electron chi connectivity index (χ1n) is 5.58. The highest BCUT2D eigenvalue weighted by molar-refractivity contribution is 5.13. The summed E-state index contributed by atoms with van der Waals surface area (Å²) >= 11 is 0. The van der Waals surface area contributed by atoms with E-state index in [0.29, 0.717) is 12.6 Å². The number of nitrogens with one attached hydrogen (secondary N) is 1. The van der Waals surface area contributed by atoms with Crippen LogP contribution in [-0.4, -0.2) is 23.2 Å². The van der Waals surface area contributed by atoms with E-state index in [2.05, 4.69) is 17.2 Å². The van der Waals surface area contributed by atoms with Gasteiger partial charge in [0, 0.05) is 25.0 Å². The second kappa shape index (κ2) is 7.37. The molecule has 1 aromatic rings. The summed E-state index contributed by atoms with van der Waals surface area (Å²) in [5, 5.41) is 12.1. The van der Waals surface area contributed by atoms with Gasteiger partial charge >= 0.3 is 0 Å². The molecule has 1 aromatic heterocycles. The number of hydrogen-bond acceptors (Lipinski definition) is 3. The Kier molecular flexibility index (Phi) is 5.97. The van der Waals surface area contributed by atoms with Crippen LogP contribution in [0.25, 0.3) is 0 Å². The third-order valence-corrected chi connectivity index (χ3v) is 2.49. The van der Waals surface area contributed by atoms with Gasteiger partial charge in [-0.15, -0.1) is 0 Å². The maximum absolute atomic E-state index is 8.63. The zero-order valence-corrected chi connectivity index (χ0v) is 9.32. The van der Waals surface area contributed by atoms with Crippen molar-refractivity contribution in [2.24, 2.45) is 0 Å². The SMILES string of the molecule is C[C@@H](NCCCCCO)c1ccncc1. The first kappa shape index (κ1) is 12.1. The molecule has 0 unspecified atom stereocenters. The number of aliphatic hydroxyl groups is 1. The second-order valence-corrected chi connectivity index (χ2v) is 3.74. The fourth-order valence-corrected chi connectivity index (χ4v) is 1.50. The number of hydrogen-bond donors (Lipinski definition) is 2. The molecule has 15 heavy (non-hydrogen) atoms. The summed E-state index contributed by atoms with van der Waals surface area (Å²) in [5.41, 5.74) is 1.27. The largest absolute Gasteiger partial charge is 0.396 e. The lowest BCUT2D eigenvalue weighted by Gasteiger charge is -2.13. The molecule has 84 valence electrons. The van der Waals surface area contributed by atoms with Gasteiger partial charge in [-0.05, 0) is 50.4 Å². The molecule has 0 aromatic carbocycles. The van der Waals surface area contributed by atoms with Gasteiger partial charge in [-0.1, -0.05) is 0 Å². The number of unbranched alkanes of at least 4 members (excludes halogenated alkanes) is 2. The summed E-state index contributed by atoms with van der Waals surface area (Å²) in [6.45, 7) is 3.46. The Hall–Kier alpha value is -0.930. The van der Waals surface area contributed by atoms with E-state index in [9.17, 15) is 0 Å². The van der Waals surface area contributed by atoms with E-state index in [-0.39, 0.29) is 0 Å². The molecule has 0 aliphatic carbocycles. The van der Waals surface area contributed by atoms with E-state index >= 15 is 0 Å². The predicted octanol–water partition coefficient (Wildman–Crippen LogP) is 1.89. The van der Waals surface area contributed by atoms with Crippen LogP contribution in [0.1, 0.15) is 37.8 Å². The van der Waals surface area contributed by atoms with Crippen LogP contribution in [-0.2, 0) is 0 Å². The van der Waals surface area contributed by atoms with Crippen molar-refractivity contribution in [3.63, 3.8) is 0 Å². The Morgan fingerprint density at radius 3 is 2.67 bits per heavy atom. The van der Waals surface area contributed by atoms with Crippen molar-refractivity contribution < 1.29 is 5.11 Å². The standard InChI is InChI=1S/C12H20N2O/c1-11(12-5-8-13-9-6-12)14-7-3-2-4-10-15/h5-6,8-9,11,14-15H,2-4,7,10H2,1H3/t11-/m1/s1. The van der Waals surface area contributed by atoms with Crippen LogP contribution in [0.5, 0.6) is 0 Å². The molecule has 0 spiro atoms. The summed E-state index contributed by atoms with van der Waals surface area (Å²) in [7, 11) is 0. The topological polar surface area (TPSA) is 45.1 Å². The Bertz CT molecular complexity index is 251. The number of aromatic nitrogens is 1. The van der Waals surface area contributed by atoms with Crippen molar-refractivity contribution in [2.75, 3.05) is 13.2 Å². The van der Waals surface area contributed by atoms with Gasteiger partial charge in [-0.25, -0.2) is 0 Å². The first-order chi connectivity index (χ1) is 7.34. The van der Waals surface area contributed by atoms with Crippen molar-refractivity contribution >= 4 is 0 Å². The summed E-state index contributed by atoms with van der Waals surface area (Å²) in [6, 6.07) is 4.44. The van der Waals surface area contributed by atoms with Crippen LogP contribution in [0.15, 0.2) is 24.5 Å². The van der Waals surface area contributed by atoms with Crippen molar-refractivity contribution in [3.8, 4) is 0 Å². The van der Waals surface area contributed by atoms with Crippen molar-refractivity contribution in [1.29, 1.82) is 0 Å². The van der Waals surface area contributed by atoms with Crippen molar-refractivity contribution in [2.45, 2.75) is 32.2 Å². The van der Waals surface area contributed by atoms with Gasteiger partial charge in [0.25, 0.3) is 0 Å². The van der Waals surface area contributed by atoms with Gasteiger partial charge in [0.15, 0.2) is 0 Å². The Morgan fingerprint density at radius 2 is 2.00 bits per heavy atom. The average molecular weight is 208 g/mol. The molecule has 0 aliphatic rings. The fourth-order valence-electron chi connectivity index (χ4n) is 1.50. The van der Waals surface area contributed by atoms with Gasteiger partial charge in [-0.2, -0.15) is 0 Å². The van der Waals surface area contributed by atoms with Crippen LogP contribution in [0.3, 0.4) is 0 Å². The second-order valence-electron chi connectivity index (χ2n) is 3.74. The molecule has 2 N–H and O–H groups in total. The Balaban J connectivity index is 2.16. The van der Waals surface area contributed by atoms with E-state index in [1.165, 1.54) is 5.56 Å². The van der Waals surface area contributed by atoms with Crippen LogP contribution in [0.2, 0.25) is 0 Å². The van der Waals surface area contributed by atoms with Crippen LogP contribution in [0, 0.1) is 0 Å². The van der Waals surface area contributed by atoms with E-state index in [1.807, 2.05) is 24.5 Å². The highest BCUT2D eigenvalue weighted by Gasteiger charge is 2.02. The first-order valence-corrected chi connectivity index (χ1v) is 5.58. The maximum atomic E-state index is 8.63. The van der Waals surface area contributed by atoms with E-state index in [0.717, 1.165) is 25.8 Å². The van der Waals surface area contributed by atoms with E-state index in [4.69, 9.17) is 5.11 Å². The molecule has 0 bridgehead atoms. The summed E-state index contributed by atoms with van der Waals surface area (Å²) in [4.78, 5) is 3.99. The number of nitrogens with zero attached hydrogens (tertiary/aromatic N) is 1. The zero-order chi connectivity index (χ0) is 10.9. The summed E-state index contributed by atoms with van der Waals surface area (Å²) in [6.07, 6.45) is 6.76. The molecule has 3 heteroatoms. The summed E-state index contributed by atoms with van der Waals surface area (Å²) in [5.74, 6) is 0. The third-order valence-electron chi connectivity index (χ3n) is 2.49. The van der Waals surface area contributed by atoms with Crippen LogP contribution < -0.4 is 5.32 Å². The highest BCUT2D eigenvalue weighted by atomic mass is 16.2. The summed E-state index contributed by atoms with van der Waals surface area (Å²) < 4.78 is 0. The molecule has 3 nitrogen and oxygen atoms in total. The number of rotatable bonds is 7. The lowest BCUT2D eigenvalue weighted by Crippen LogP contribution is -2.19. The normalized spacial score (nSPS) is 12.7. The molecule has 0 saturated heterocycles. The molecule has 1 atom stereocenters. The van der Waals surface area contributed by atoms with Gasteiger partial charge in [-0.3, -0.25) is 4.98 Å². The quantitative estimate of drug-likeness (QED) is 0.673. The molecule has 0 fully saturated rings. The number of aliphatic hydroxyl groups excluding tert-OH is 1. The van der Waals surface area contributed by atoms with Crippen molar-refractivity contribution in [1.82, 2.24) is 10.3 Å². The smallest absolute Gasteiger partial charge is 0.0431 e. The minimum absolute atomic E-state index is 0.305. The minimum atomic E-state index is 0.305. The molecule has 0 radical (unpaired) electrons. The van der Waals surface area contributed by atoms with Gasteiger partial charge in [0.1, 0.15) is 0 Å². The monoisotopic (exact) mass is 208 g/mol. The minimum Gasteiger partial charge on any atom is -0.396 e. The van der Waals surface area contributed by atoms with E-state index in [1.54, 1.807) is 0 Å². The molecular formula is C12H20N2O. The molecular weight excluding hydrogens is 188 g/mol. The van der Waals surface area contributed by atoms with Crippen molar-refractivity contribution in [3.05, 3.63) is 30.1 Å². The highest BCUT2D eigenvalue weighted by Crippen LogP contribution is 2.09. The predicted molar refractivity (Wildman–Crippen MR) is 61.6 cm³/mol. The van der Waals surface area contributed by atoms with Gasteiger partial charge in [0.05, 0.1) is 0 Å². The third kappa shape index (κ3) is 4.91. The molecule has 1 rings (SSSR count). The van der Waals surface area contributed by atoms with Gasteiger partial charge in [0.2, 0.25) is 0 Å². The Morgan fingerprint density at radius 1 is 1.27 bits per heavy atom. The van der Waals surface area contributed by atoms with Crippen LogP contribution >= 0.6 is 0 Å². The van der Waals surface area contributed by atoms with E-state index < -0.39 is 0 Å². The fraction of sp³-hybridized carbons (Fsp3) is 0.583. The number of pyridine rings is 1. The molecule has 0 aliphatic heterocycles. The average Bonchev–Trinajstić information content (AvgIpc) is 2.30.